The summed E-state index contributed by atoms with van der Waals surface area (Å²) in [5.74, 6) is 1.57. The highest BCUT2D eigenvalue weighted by Crippen LogP contribution is 2.25. The van der Waals surface area contributed by atoms with Crippen LogP contribution in [-0.4, -0.2) is 19.9 Å². The molecule has 0 atom stereocenters. The molecule has 0 unspecified atom stereocenters. The number of benzene rings is 1. The van der Waals surface area contributed by atoms with Crippen LogP contribution in [0.1, 0.15) is 24.5 Å². The second-order valence-corrected chi connectivity index (χ2v) is 5.37. The van der Waals surface area contributed by atoms with Gasteiger partial charge in [0.05, 0.1) is 18.3 Å². The number of fused-ring (bicyclic) bond motifs is 1. The van der Waals surface area contributed by atoms with Gasteiger partial charge in [0.15, 0.2) is 0 Å². The standard InChI is InChI=1S/C17H20N4O/c1-3-9-21-15(7-8-18-21)19-17-14(11-22)10-13-6-4-5-12(2)16(13)20-17/h4-8,10,22H,3,9,11H2,1-2H3,(H,19,20). The summed E-state index contributed by atoms with van der Waals surface area (Å²) in [6.07, 6.45) is 2.77. The van der Waals surface area contributed by atoms with Crippen molar-refractivity contribution in [3.05, 3.63) is 47.7 Å². The zero-order valence-electron chi connectivity index (χ0n) is 12.9. The molecule has 3 aromatic rings. The zero-order valence-corrected chi connectivity index (χ0v) is 12.9. The average Bonchev–Trinajstić information content (AvgIpc) is 2.95. The monoisotopic (exact) mass is 296 g/mol. The minimum absolute atomic E-state index is 0.0544. The summed E-state index contributed by atoms with van der Waals surface area (Å²) in [5, 5.41) is 18.3. The lowest BCUT2D eigenvalue weighted by molar-refractivity contribution is 0.282. The summed E-state index contributed by atoms with van der Waals surface area (Å²) >= 11 is 0. The van der Waals surface area contributed by atoms with Gasteiger partial charge in [-0.3, -0.25) is 0 Å². The van der Waals surface area contributed by atoms with E-state index < -0.39 is 0 Å². The molecular formula is C17H20N4O. The van der Waals surface area contributed by atoms with Crippen LogP contribution in [0.25, 0.3) is 10.9 Å². The minimum atomic E-state index is -0.0544. The molecule has 0 saturated carbocycles. The second kappa shape index (κ2) is 6.15. The maximum absolute atomic E-state index is 9.65. The molecule has 114 valence electrons. The topological polar surface area (TPSA) is 63.0 Å². The van der Waals surface area contributed by atoms with Gasteiger partial charge < -0.3 is 10.4 Å². The van der Waals surface area contributed by atoms with Crippen molar-refractivity contribution in [3.63, 3.8) is 0 Å². The Morgan fingerprint density at radius 3 is 2.91 bits per heavy atom. The molecule has 0 spiro atoms. The van der Waals surface area contributed by atoms with Crippen molar-refractivity contribution >= 4 is 22.5 Å². The van der Waals surface area contributed by atoms with Crippen LogP contribution in [0, 0.1) is 6.92 Å². The maximum Gasteiger partial charge on any atom is 0.137 e. The molecule has 0 bridgehead atoms. The molecule has 3 rings (SSSR count). The number of aliphatic hydroxyl groups is 1. The van der Waals surface area contributed by atoms with Crippen molar-refractivity contribution < 1.29 is 5.11 Å². The number of nitrogens with one attached hydrogen (secondary N) is 1. The lowest BCUT2D eigenvalue weighted by Crippen LogP contribution is -2.07. The number of aryl methyl sites for hydroxylation is 2. The van der Waals surface area contributed by atoms with Gasteiger partial charge in [-0.05, 0) is 25.0 Å². The Balaban J connectivity index is 2.05. The zero-order chi connectivity index (χ0) is 15.5. The van der Waals surface area contributed by atoms with Crippen molar-refractivity contribution in [2.24, 2.45) is 0 Å². The molecule has 0 aliphatic carbocycles. The molecule has 0 aliphatic rings. The number of rotatable bonds is 5. The normalized spacial score (nSPS) is 11.0. The number of hydrogen-bond donors (Lipinski definition) is 2. The van der Waals surface area contributed by atoms with Crippen molar-refractivity contribution in [1.82, 2.24) is 14.8 Å². The first-order valence-corrected chi connectivity index (χ1v) is 7.52. The Bertz CT molecular complexity index is 794. The number of nitrogens with zero attached hydrogens (tertiary/aromatic N) is 3. The molecule has 5 nitrogen and oxygen atoms in total. The summed E-state index contributed by atoms with van der Waals surface area (Å²) in [5.41, 5.74) is 2.85. The highest BCUT2D eigenvalue weighted by Gasteiger charge is 2.10. The molecule has 1 aromatic carbocycles. The van der Waals surface area contributed by atoms with E-state index in [0.717, 1.165) is 40.8 Å². The van der Waals surface area contributed by atoms with E-state index in [4.69, 9.17) is 4.98 Å². The van der Waals surface area contributed by atoms with Crippen LogP contribution in [0.15, 0.2) is 36.5 Å². The van der Waals surface area contributed by atoms with Crippen LogP contribution >= 0.6 is 0 Å². The second-order valence-electron chi connectivity index (χ2n) is 5.37. The van der Waals surface area contributed by atoms with E-state index in [1.54, 1.807) is 6.20 Å². The van der Waals surface area contributed by atoms with E-state index in [1.165, 1.54) is 0 Å². The van der Waals surface area contributed by atoms with Crippen LogP contribution in [0.5, 0.6) is 0 Å². The minimum Gasteiger partial charge on any atom is -0.392 e. The Kier molecular flexibility index (Phi) is 4.06. The maximum atomic E-state index is 9.65. The molecule has 5 heteroatoms. The van der Waals surface area contributed by atoms with Gasteiger partial charge >= 0.3 is 0 Å². The Morgan fingerprint density at radius 2 is 2.14 bits per heavy atom. The van der Waals surface area contributed by atoms with Gasteiger partial charge in [-0.2, -0.15) is 5.10 Å². The molecule has 2 heterocycles. The third-order valence-corrected chi connectivity index (χ3v) is 3.70. The largest absolute Gasteiger partial charge is 0.392 e. The van der Waals surface area contributed by atoms with Gasteiger partial charge in [-0.25, -0.2) is 9.67 Å². The Morgan fingerprint density at radius 1 is 1.27 bits per heavy atom. The summed E-state index contributed by atoms with van der Waals surface area (Å²) in [6.45, 7) is 4.94. The van der Waals surface area contributed by atoms with Gasteiger partial charge in [0.1, 0.15) is 11.6 Å². The third kappa shape index (κ3) is 2.67. The van der Waals surface area contributed by atoms with Gasteiger partial charge in [0.25, 0.3) is 0 Å². The molecule has 2 aromatic heterocycles. The molecular weight excluding hydrogens is 276 g/mol. The van der Waals surface area contributed by atoms with E-state index >= 15 is 0 Å². The fourth-order valence-corrected chi connectivity index (χ4v) is 2.57. The smallest absolute Gasteiger partial charge is 0.137 e. The number of pyridine rings is 1. The van der Waals surface area contributed by atoms with Crippen molar-refractivity contribution in [2.45, 2.75) is 33.4 Å². The first kappa shape index (κ1) is 14.5. The first-order valence-electron chi connectivity index (χ1n) is 7.52. The van der Waals surface area contributed by atoms with E-state index in [0.29, 0.717) is 5.82 Å². The van der Waals surface area contributed by atoms with Crippen LogP contribution in [-0.2, 0) is 13.2 Å². The van der Waals surface area contributed by atoms with Gasteiger partial charge in [0, 0.05) is 23.6 Å². The van der Waals surface area contributed by atoms with Crippen molar-refractivity contribution in [1.29, 1.82) is 0 Å². The molecule has 2 N–H and O–H groups in total. The number of aliphatic hydroxyl groups excluding tert-OH is 1. The number of para-hydroxylation sites is 1. The van der Waals surface area contributed by atoms with Crippen LogP contribution < -0.4 is 5.32 Å². The predicted molar refractivity (Wildman–Crippen MR) is 88.2 cm³/mol. The van der Waals surface area contributed by atoms with E-state index in [9.17, 15) is 5.11 Å². The lowest BCUT2D eigenvalue weighted by atomic mass is 10.1. The van der Waals surface area contributed by atoms with Crippen LogP contribution in [0.3, 0.4) is 0 Å². The van der Waals surface area contributed by atoms with Gasteiger partial charge in [0.2, 0.25) is 0 Å². The first-order chi connectivity index (χ1) is 10.7. The fraction of sp³-hybridized carbons (Fsp3) is 0.294. The van der Waals surface area contributed by atoms with Crippen LogP contribution in [0.2, 0.25) is 0 Å². The Labute approximate surface area is 129 Å². The molecule has 0 radical (unpaired) electrons. The Hall–Kier alpha value is -2.40. The summed E-state index contributed by atoms with van der Waals surface area (Å²) in [7, 11) is 0. The van der Waals surface area contributed by atoms with Gasteiger partial charge in [-0.1, -0.05) is 25.1 Å². The highest BCUT2D eigenvalue weighted by molar-refractivity contribution is 5.85. The summed E-state index contributed by atoms with van der Waals surface area (Å²) in [4.78, 5) is 4.71. The van der Waals surface area contributed by atoms with E-state index in [2.05, 4.69) is 17.3 Å². The third-order valence-electron chi connectivity index (χ3n) is 3.70. The lowest BCUT2D eigenvalue weighted by Gasteiger charge is -2.13. The predicted octanol–water partition coefficient (Wildman–Crippen LogP) is 3.39. The molecule has 0 aliphatic heterocycles. The fourth-order valence-electron chi connectivity index (χ4n) is 2.57. The molecule has 0 fully saturated rings. The number of hydrogen-bond acceptors (Lipinski definition) is 4. The van der Waals surface area contributed by atoms with E-state index in [-0.39, 0.29) is 6.61 Å². The van der Waals surface area contributed by atoms with E-state index in [1.807, 2.05) is 41.9 Å². The molecule has 0 saturated heterocycles. The summed E-state index contributed by atoms with van der Waals surface area (Å²) < 4.78 is 1.91. The number of aromatic nitrogens is 3. The van der Waals surface area contributed by atoms with Crippen LogP contribution in [0.4, 0.5) is 11.6 Å². The molecule has 0 amide bonds. The van der Waals surface area contributed by atoms with Crippen molar-refractivity contribution in [3.8, 4) is 0 Å². The molecule has 22 heavy (non-hydrogen) atoms. The average molecular weight is 296 g/mol. The number of anilines is 2. The van der Waals surface area contributed by atoms with Gasteiger partial charge in [-0.15, -0.1) is 0 Å². The summed E-state index contributed by atoms with van der Waals surface area (Å²) in [6, 6.07) is 9.96. The highest BCUT2D eigenvalue weighted by atomic mass is 16.3. The quantitative estimate of drug-likeness (QED) is 0.757. The SMILES string of the molecule is CCCn1nccc1Nc1nc2c(C)cccc2cc1CO. The van der Waals surface area contributed by atoms with Crippen molar-refractivity contribution in [2.75, 3.05) is 5.32 Å².